The van der Waals surface area contributed by atoms with E-state index in [1.165, 1.54) is 13.0 Å². The Balaban J connectivity index is 2.19. The quantitative estimate of drug-likeness (QED) is 0.621. The van der Waals surface area contributed by atoms with Crippen LogP contribution < -0.4 is 0 Å². The summed E-state index contributed by atoms with van der Waals surface area (Å²) in [5.41, 5.74) is -1.56. The van der Waals surface area contributed by atoms with Gasteiger partial charge in [0.15, 0.2) is 0 Å². The van der Waals surface area contributed by atoms with Gasteiger partial charge in [-0.2, -0.15) is 13.2 Å². The molecule has 0 amide bonds. The Morgan fingerprint density at radius 2 is 1.96 bits per heavy atom. The fourth-order valence-corrected chi connectivity index (χ4v) is 4.61. The summed E-state index contributed by atoms with van der Waals surface area (Å²) in [6.07, 6.45) is 1.22. The Labute approximate surface area is 149 Å². The molecule has 9 heteroatoms. The average molecular weight is 438 g/mol. The van der Waals surface area contributed by atoms with Crippen molar-refractivity contribution in [3.63, 3.8) is 0 Å². The molecule has 0 radical (unpaired) electrons. The third-order valence-corrected chi connectivity index (χ3v) is 7.07. The van der Waals surface area contributed by atoms with E-state index < -0.39 is 37.8 Å². The van der Waals surface area contributed by atoms with Gasteiger partial charge in [0.2, 0.25) is 10.0 Å². The van der Waals surface area contributed by atoms with Crippen LogP contribution in [0.1, 0.15) is 18.9 Å². The maximum Gasteiger partial charge on any atom is 0.416 e. The fourth-order valence-electron chi connectivity index (χ4n) is 2.67. The van der Waals surface area contributed by atoms with Crippen LogP contribution in [0.15, 0.2) is 47.1 Å². The molecule has 0 saturated heterocycles. The van der Waals surface area contributed by atoms with Gasteiger partial charge in [0.1, 0.15) is 10.6 Å². The summed E-state index contributed by atoms with van der Waals surface area (Å²) in [6, 6.07) is 2.21. The summed E-state index contributed by atoms with van der Waals surface area (Å²) in [4.78, 5) is 0. The first-order valence-corrected chi connectivity index (χ1v) is 9.37. The molecule has 1 atom stereocenters. The van der Waals surface area contributed by atoms with Crippen LogP contribution in [-0.4, -0.2) is 17.1 Å². The topological polar surface area (TPSA) is 39.1 Å². The van der Waals surface area contributed by atoms with Crippen LogP contribution in [0.4, 0.5) is 17.6 Å². The molecule has 0 bridgehead atoms. The molecule has 0 spiro atoms. The Morgan fingerprint density at radius 3 is 2.52 bits per heavy atom. The number of rotatable bonds is 2. The van der Waals surface area contributed by atoms with Gasteiger partial charge >= 0.3 is 6.18 Å². The van der Waals surface area contributed by atoms with Gasteiger partial charge in [-0.15, -0.1) is 0 Å². The predicted molar refractivity (Wildman–Crippen MR) is 90.4 cm³/mol. The Hall–Kier alpha value is -1.61. The minimum Gasteiger partial charge on any atom is -0.241 e. The van der Waals surface area contributed by atoms with Crippen LogP contribution in [0.5, 0.6) is 0 Å². The molecular formula is C16H12BrF4NO2S. The molecule has 3 nitrogen and oxygen atoms in total. The van der Waals surface area contributed by atoms with Crippen LogP contribution in [0.25, 0.3) is 10.9 Å². The van der Waals surface area contributed by atoms with Crippen LogP contribution in [0.2, 0.25) is 0 Å². The van der Waals surface area contributed by atoms with Crippen molar-refractivity contribution < 1.29 is 26.0 Å². The van der Waals surface area contributed by atoms with E-state index in [2.05, 4.69) is 15.9 Å². The van der Waals surface area contributed by atoms with Crippen molar-refractivity contribution in [1.29, 1.82) is 0 Å². The molecule has 0 saturated carbocycles. The lowest BCUT2D eigenvalue weighted by Gasteiger charge is -2.28. The first-order valence-electron chi connectivity index (χ1n) is 7.13. The zero-order chi connectivity index (χ0) is 18.6. The predicted octanol–water partition coefficient (Wildman–Crippen LogP) is 4.97. The van der Waals surface area contributed by atoms with E-state index in [9.17, 15) is 26.0 Å². The van der Waals surface area contributed by atoms with E-state index in [1.807, 2.05) is 0 Å². The summed E-state index contributed by atoms with van der Waals surface area (Å²) in [5.74, 6) is -1.24. The largest absolute Gasteiger partial charge is 0.416 e. The van der Waals surface area contributed by atoms with E-state index in [-0.39, 0.29) is 11.8 Å². The number of allylic oxidation sites excluding steroid dienone is 3. The first kappa shape index (κ1) is 18.2. The van der Waals surface area contributed by atoms with Crippen molar-refractivity contribution in [1.82, 2.24) is 3.97 Å². The smallest absolute Gasteiger partial charge is 0.241 e. The highest BCUT2D eigenvalue weighted by atomic mass is 79.9. The molecule has 1 aromatic carbocycles. The summed E-state index contributed by atoms with van der Waals surface area (Å²) in [6.45, 7) is 1.47. The van der Waals surface area contributed by atoms with Crippen LogP contribution >= 0.6 is 15.9 Å². The summed E-state index contributed by atoms with van der Waals surface area (Å²) < 4.78 is 78.9. The molecule has 1 heterocycles. The van der Waals surface area contributed by atoms with Crippen LogP contribution in [0.3, 0.4) is 0 Å². The van der Waals surface area contributed by atoms with Crippen LogP contribution in [-0.2, 0) is 16.2 Å². The molecule has 1 aliphatic carbocycles. The Bertz CT molecular complexity index is 1020. The van der Waals surface area contributed by atoms with Gasteiger partial charge in [0.25, 0.3) is 0 Å². The molecule has 3 rings (SSSR count). The molecular weight excluding hydrogens is 426 g/mol. The molecule has 0 N–H and O–H groups in total. The molecule has 2 aromatic rings. The van der Waals surface area contributed by atoms with Gasteiger partial charge in [-0.1, -0.05) is 34.2 Å². The summed E-state index contributed by atoms with van der Waals surface area (Å²) in [7, 11) is -4.10. The number of fused-ring (bicyclic) bond motifs is 1. The van der Waals surface area contributed by atoms with E-state index in [1.54, 1.807) is 12.2 Å². The number of hydrogen-bond acceptors (Lipinski definition) is 2. The molecule has 1 aromatic heterocycles. The Morgan fingerprint density at radius 1 is 1.28 bits per heavy atom. The molecule has 0 aliphatic heterocycles. The van der Waals surface area contributed by atoms with Crippen LogP contribution in [0, 0.1) is 5.82 Å². The lowest BCUT2D eigenvalue weighted by molar-refractivity contribution is -0.137. The number of halogens is 5. The van der Waals surface area contributed by atoms with Gasteiger partial charge in [-0.3, -0.25) is 0 Å². The minimum atomic E-state index is -4.72. The van der Waals surface area contributed by atoms with Gasteiger partial charge in [0, 0.05) is 16.1 Å². The maximum absolute atomic E-state index is 14.3. The minimum absolute atomic E-state index is 0.129. The van der Waals surface area contributed by atoms with E-state index >= 15 is 0 Å². The normalized spacial score (nSPS) is 21.6. The second-order valence-electron chi connectivity index (χ2n) is 5.95. The van der Waals surface area contributed by atoms with Gasteiger partial charge in [-0.25, -0.2) is 16.8 Å². The number of nitrogens with zero attached hydrogens (tertiary/aromatic N) is 1. The SMILES string of the molecule is CC1(S(=O)(=O)n2ccc3cc(C(F)(F)F)cc(F)c32)C=CC(Br)=CC1. The van der Waals surface area contributed by atoms with Crippen molar-refractivity contribution >= 4 is 36.9 Å². The zero-order valence-corrected chi connectivity index (χ0v) is 15.2. The zero-order valence-electron chi connectivity index (χ0n) is 12.8. The van der Waals surface area contributed by atoms with Crippen molar-refractivity contribution in [3.8, 4) is 0 Å². The lowest BCUT2D eigenvalue weighted by atomic mass is 10.0. The van der Waals surface area contributed by atoms with E-state index in [0.29, 0.717) is 6.07 Å². The highest BCUT2D eigenvalue weighted by Gasteiger charge is 2.40. The summed E-state index contributed by atoms with van der Waals surface area (Å²) in [5, 5.41) is -0.129. The third kappa shape index (κ3) is 2.93. The molecule has 25 heavy (non-hydrogen) atoms. The maximum atomic E-state index is 14.3. The monoisotopic (exact) mass is 437 g/mol. The van der Waals surface area contributed by atoms with Gasteiger partial charge in [-0.05, 0) is 31.5 Å². The first-order chi connectivity index (χ1) is 11.5. The van der Waals surface area contributed by atoms with Crippen molar-refractivity contribution in [2.75, 3.05) is 0 Å². The second-order valence-corrected chi connectivity index (χ2v) is 9.14. The standard InChI is InChI=1S/C16H12BrF4NO2S/c1-15(5-2-12(17)3-6-15)25(23,24)22-7-4-10-8-11(16(19,20)21)9-13(18)14(10)22/h2-5,7-9H,6H2,1H3. The number of aromatic nitrogens is 1. The van der Waals surface area contributed by atoms with Crippen molar-refractivity contribution in [2.24, 2.45) is 0 Å². The van der Waals surface area contributed by atoms with E-state index in [4.69, 9.17) is 0 Å². The number of alkyl halides is 3. The Kier molecular flexibility index (Phi) is 4.15. The number of hydrogen-bond donors (Lipinski definition) is 0. The number of benzene rings is 1. The molecule has 1 unspecified atom stereocenters. The molecule has 134 valence electrons. The van der Waals surface area contributed by atoms with Crippen molar-refractivity contribution in [2.45, 2.75) is 24.3 Å². The van der Waals surface area contributed by atoms with E-state index in [0.717, 1.165) is 26.8 Å². The summed E-state index contributed by atoms with van der Waals surface area (Å²) >= 11 is 3.24. The van der Waals surface area contributed by atoms with Crippen molar-refractivity contribution in [3.05, 3.63) is 58.5 Å². The fraction of sp³-hybridized carbons (Fsp3) is 0.250. The lowest BCUT2D eigenvalue weighted by Crippen LogP contribution is -2.38. The highest BCUT2D eigenvalue weighted by Crippen LogP contribution is 2.37. The van der Waals surface area contributed by atoms with Gasteiger partial charge < -0.3 is 0 Å². The molecule has 0 fully saturated rings. The highest BCUT2D eigenvalue weighted by molar-refractivity contribution is 9.11. The molecule has 1 aliphatic rings. The second kappa shape index (κ2) is 5.70. The average Bonchev–Trinajstić information content (AvgIpc) is 2.94. The third-order valence-electron chi connectivity index (χ3n) is 4.18. The van der Waals surface area contributed by atoms with Gasteiger partial charge in [0.05, 0.1) is 11.1 Å².